The van der Waals surface area contributed by atoms with Gasteiger partial charge in [-0.1, -0.05) is 0 Å². The normalized spacial score (nSPS) is 25.4. The Balaban J connectivity index is 2.59. The third-order valence-corrected chi connectivity index (χ3v) is 4.29. The van der Waals surface area contributed by atoms with Gasteiger partial charge in [0.05, 0.1) is 12.0 Å². The first-order valence-electron chi connectivity index (χ1n) is 4.06. The summed E-state index contributed by atoms with van der Waals surface area (Å²) in [6.07, 6.45) is 1.45. The Morgan fingerprint density at radius 3 is 2.29 bits per heavy atom. The molecule has 8 heteroatoms. The van der Waals surface area contributed by atoms with Gasteiger partial charge in [-0.25, -0.2) is 12.7 Å². The summed E-state index contributed by atoms with van der Waals surface area (Å²) in [5.74, 6) is -1.00. The highest BCUT2D eigenvalue weighted by Crippen LogP contribution is 2.20. The van der Waals surface area contributed by atoms with Crippen LogP contribution in [0.2, 0.25) is 0 Å². The van der Waals surface area contributed by atoms with E-state index in [1.807, 2.05) is 0 Å². The zero-order valence-corrected chi connectivity index (χ0v) is 9.31. The molecular formula is C6H12FNO4S2. The van der Waals surface area contributed by atoms with Crippen LogP contribution in [-0.2, 0) is 20.2 Å². The molecule has 0 aromatic heterocycles. The molecule has 1 atom stereocenters. The van der Waals surface area contributed by atoms with Crippen LogP contribution in [0.15, 0.2) is 0 Å². The molecule has 1 aliphatic rings. The minimum Gasteiger partial charge on any atom is -0.213 e. The maximum atomic E-state index is 12.3. The molecule has 0 aromatic carbocycles. The van der Waals surface area contributed by atoms with Crippen molar-refractivity contribution in [2.75, 3.05) is 25.1 Å². The Morgan fingerprint density at radius 2 is 1.93 bits per heavy atom. The van der Waals surface area contributed by atoms with E-state index in [4.69, 9.17) is 0 Å². The quantitative estimate of drug-likeness (QED) is 0.632. The lowest BCUT2D eigenvalue weighted by molar-refractivity contribution is 0.465. The molecule has 1 aliphatic heterocycles. The molecule has 1 saturated heterocycles. The van der Waals surface area contributed by atoms with Crippen LogP contribution in [-0.4, -0.2) is 46.2 Å². The van der Waals surface area contributed by atoms with Gasteiger partial charge in [0, 0.05) is 13.1 Å². The van der Waals surface area contributed by atoms with Gasteiger partial charge in [0.25, 0.3) is 0 Å². The van der Waals surface area contributed by atoms with Gasteiger partial charge in [-0.15, -0.1) is 3.89 Å². The molecule has 0 bridgehead atoms. The van der Waals surface area contributed by atoms with E-state index < -0.39 is 31.9 Å². The first kappa shape index (κ1) is 11.9. The second-order valence-electron chi connectivity index (χ2n) is 3.48. The summed E-state index contributed by atoms with van der Waals surface area (Å²) in [6, 6.07) is 0. The predicted octanol–water partition coefficient (Wildman–Crippen LogP) is -0.433. The number of hydrogen-bond donors (Lipinski definition) is 0. The van der Waals surface area contributed by atoms with Crippen molar-refractivity contribution in [3.05, 3.63) is 0 Å². The molecule has 0 aromatic rings. The first-order valence-corrected chi connectivity index (χ1v) is 7.46. The minimum absolute atomic E-state index is 0.0992. The van der Waals surface area contributed by atoms with E-state index in [0.717, 1.165) is 6.26 Å². The van der Waals surface area contributed by atoms with Crippen LogP contribution in [0.4, 0.5) is 3.89 Å². The number of halogens is 1. The molecule has 1 rings (SSSR count). The molecule has 0 spiro atoms. The molecule has 1 heterocycles. The first-order chi connectivity index (χ1) is 6.18. The van der Waals surface area contributed by atoms with Gasteiger partial charge in [-0.05, 0) is 12.3 Å². The molecule has 1 fully saturated rings. The molecule has 0 amide bonds. The van der Waals surface area contributed by atoms with Crippen molar-refractivity contribution in [1.29, 1.82) is 0 Å². The van der Waals surface area contributed by atoms with Crippen molar-refractivity contribution >= 4 is 20.2 Å². The molecule has 0 N–H and O–H groups in total. The average molecular weight is 245 g/mol. The van der Waals surface area contributed by atoms with E-state index in [-0.39, 0.29) is 13.1 Å². The van der Waals surface area contributed by atoms with Gasteiger partial charge in [0.2, 0.25) is 10.0 Å². The highest BCUT2D eigenvalue weighted by Gasteiger charge is 2.31. The lowest BCUT2D eigenvalue weighted by atomic mass is 10.2. The monoisotopic (exact) mass is 245 g/mol. The summed E-state index contributed by atoms with van der Waals surface area (Å²) in [4.78, 5) is 0. The fourth-order valence-electron chi connectivity index (χ4n) is 1.52. The summed E-state index contributed by atoms with van der Waals surface area (Å²) in [5.41, 5.74) is 0. The van der Waals surface area contributed by atoms with Crippen LogP contribution in [0.3, 0.4) is 0 Å². The fourth-order valence-corrected chi connectivity index (χ4v) is 3.27. The lowest BCUT2D eigenvalue weighted by Crippen LogP contribution is -2.28. The fraction of sp³-hybridized carbons (Fsp3) is 1.00. The largest absolute Gasteiger partial charge is 0.302 e. The molecule has 14 heavy (non-hydrogen) atoms. The van der Waals surface area contributed by atoms with Gasteiger partial charge >= 0.3 is 10.2 Å². The minimum atomic E-state index is -4.50. The maximum absolute atomic E-state index is 12.3. The maximum Gasteiger partial charge on any atom is 0.302 e. The third-order valence-electron chi connectivity index (χ3n) is 2.15. The highest BCUT2D eigenvalue weighted by molar-refractivity contribution is 7.88. The predicted molar refractivity (Wildman–Crippen MR) is 49.4 cm³/mol. The number of sulfonamides is 1. The van der Waals surface area contributed by atoms with E-state index in [1.165, 1.54) is 4.31 Å². The third kappa shape index (κ3) is 3.50. The van der Waals surface area contributed by atoms with Crippen molar-refractivity contribution < 1.29 is 20.7 Å². The van der Waals surface area contributed by atoms with E-state index in [9.17, 15) is 20.7 Å². The number of hydrogen-bond acceptors (Lipinski definition) is 4. The van der Waals surface area contributed by atoms with Crippen LogP contribution in [0.25, 0.3) is 0 Å². The molecule has 0 radical (unpaired) electrons. The number of nitrogens with zero attached hydrogens (tertiary/aromatic N) is 1. The van der Waals surface area contributed by atoms with Gasteiger partial charge in [-0.3, -0.25) is 0 Å². The van der Waals surface area contributed by atoms with E-state index in [0.29, 0.717) is 6.42 Å². The zero-order valence-electron chi connectivity index (χ0n) is 7.68. The van der Waals surface area contributed by atoms with Crippen molar-refractivity contribution in [3.63, 3.8) is 0 Å². The standard InChI is InChI=1S/C6H12FNO4S2/c1-13(9,10)8-3-2-6(4-8)5-14(7,11)12/h6H,2-5H2,1H3. The molecular weight excluding hydrogens is 233 g/mol. The smallest absolute Gasteiger partial charge is 0.213 e. The van der Waals surface area contributed by atoms with Crippen LogP contribution < -0.4 is 0 Å². The van der Waals surface area contributed by atoms with Gasteiger partial charge in [-0.2, -0.15) is 8.42 Å². The second kappa shape index (κ2) is 3.74. The van der Waals surface area contributed by atoms with Crippen LogP contribution in [0.5, 0.6) is 0 Å². The summed E-state index contributed by atoms with van der Waals surface area (Å²) < 4.78 is 56.1. The van der Waals surface area contributed by atoms with Crippen molar-refractivity contribution in [3.8, 4) is 0 Å². The summed E-state index contributed by atoms with van der Waals surface area (Å²) in [5, 5.41) is 0. The molecule has 84 valence electrons. The Morgan fingerprint density at radius 1 is 1.36 bits per heavy atom. The molecule has 5 nitrogen and oxygen atoms in total. The van der Waals surface area contributed by atoms with E-state index in [2.05, 4.69) is 0 Å². The summed E-state index contributed by atoms with van der Waals surface area (Å²) in [6.45, 7) is 0.376. The van der Waals surface area contributed by atoms with Crippen LogP contribution >= 0.6 is 0 Å². The Kier molecular flexibility index (Phi) is 3.17. The summed E-state index contributed by atoms with van der Waals surface area (Å²) >= 11 is 0. The van der Waals surface area contributed by atoms with Crippen LogP contribution in [0, 0.1) is 5.92 Å². The summed E-state index contributed by atoms with van der Waals surface area (Å²) in [7, 11) is -7.77. The zero-order chi connectivity index (χ0) is 11.0. The Hall–Kier alpha value is -0.210. The highest BCUT2D eigenvalue weighted by atomic mass is 32.3. The average Bonchev–Trinajstić information content (AvgIpc) is 2.29. The SMILES string of the molecule is CS(=O)(=O)N1CCC(CS(=O)(=O)F)C1. The van der Waals surface area contributed by atoms with Crippen molar-refractivity contribution in [2.45, 2.75) is 6.42 Å². The second-order valence-corrected chi connectivity index (χ2v) is 6.87. The Bertz CT molecular complexity index is 402. The van der Waals surface area contributed by atoms with Gasteiger partial charge in [0.1, 0.15) is 0 Å². The molecule has 0 aliphatic carbocycles. The van der Waals surface area contributed by atoms with Gasteiger partial charge < -0.3 is 0 Å². The topological polar surface area (TPSA) is 71.5 Å². The van der Waals surface area contributed by atoms with Crippen molar-refractivity contribution in [1.82, 2.24) is 4.31 Å². The number of rotatable bonds is 3. The van der Waals surface area contributed by atoms with E-state index >= 15 is 0 Å². The van der Waals surface area contributed by atoms with Crippen molar-refractivity contribution in [2.24, 2.45) is 5.92 Å². The lowest BCUT2D eigenvalue weighted by Gasteiger charge is -2.11. The van der Waals surface area contributed by atoms with Crippen LogP contribution in [0.1, 0.15) is 6.42 Å². The van der Waals surface area contributed by atoms with E-state index in [1.54, 1.807) is 0 Å². The Labute approximate surface area is 83.2 Å². The molecule has 0 saturated carbocycles. The van der Waals surface area contributed by atoms with Gasteiger partial charge in [0.15, 0.2) is 0 Å². The molecule has 1 unspecified atom stereocenters.